The lowest BCUT2D eigenvalue weighted by molar-refractivity contribution is 0.168. The Morgan fingerprint density at radius 1 is 1.50 bits per heavy atom. The van der Waals surface area contributed by atoms with E-state index in [1.807, 2.05) is 19.1 Å². The van der Waals surface area contributed by atoms with Crippen molar-refractivity contribution < 1.29 is 14.6 Å². The predicted molar refractivity (Wildman–Crippen MR) is 70.4 cm³/mol. The van der Waals surface area contributed by atoms with E-state index >= 15 is 0 Å². The summed E-state index contributed by atoms with van der Waals surface area (Å²) >= 11 is 0. The van der Waals surface area contributed by atoms with Crippen LogP contribution in [0.2, 0.25) is 0 Å². The van der Waals surface area contributed by atoms with Crippen LogP contribution in [0.4, 0.5) is 10.5 Å². The van der Waals surface area contributed by atoms with Gasteiger partial charge in [0.05, 0.1) is 13.2 Å². The summed E-state index contributed by atoms with van der Waals surface area (Å²) in [5.41, 5.74) is 2.53. The highest BCUT2D eigenvalue weighted by Gasteiger charge is 2.03. The molecule has 4 heteroatoms. The van der Waals surface area contributed by atoms with Gasteiger partial charge in [-0.05, 0) is 37.6 Å². The van der Waals surface area contributed by atoms with Gasteiger partial charge in [0.25, 0.3) is 0 Å². The van der Waals surface area contributed by atoms with E-state index in [0.29, 0.717) is 18.7 Å². The number of aliphatic hydroxyl groups excluding tert-OH is 1. The van der Waals surface area contributed by atoms with E-state index in [1.54, 1.807) is 13.0 Å². The molecule has 4 nitrogen and oxygen atoms in total. The molecule has 0 heterocycles. The van der Waals surface area contributed by atoms with Gasteiger partial charge in [0.1, 0.15) is 0 Å². The van der Waals surface area contributed by atoms with Gasteiger partial charge in [0.15, 0.2) is 0 Å². The van der Waals surface area contributed by atoms with E-state index in [1.165, 1.54) is 0 Å². The summed E-state index contributed by atoms with van der Waals surface area (Å²) < 4.78 is 4.79. The minimum absolute atomic E-state index is 0.0640. The number of nitrogens with one attached hydrogen (secondary N) is 1. The first-order valence-electron chi connectivity index (χ1n) is 5.81. The Balaban J connectivity index is 2.74. The van der Waals surface area contributed by atoms with Crippen LogP contribution in [-0.4, -0.2) is 24.4 Å². The Hall–Kier alpha value is -1.99. The van der Waals surface area contributed by atoms with Gasteiger partial charge in [0.2, 0.25) is 0 Å². The Bertz CT molecular complexity index is 472. The van der Waals surface area contributed by atoms with Crippen molar-refractivity contribution in [3.05, 3.63) is 29.3 Å². The largest absolute Gasteiger partial charge is 0.450 e. The van der Waals surface area contributed by atoms with E-state index in [-0.39, 0.29) is 6.61 Å². The van der Waals surface area contributed by atoms with Crippen LogP contribution in [0.25, 0.3) is 0 Å². The van der Waals surface area contributed by atoms with Gasteiger partial charge in [-0.25, -0.2) is 4.79 Å². The van der Waals surface area contributed by atoms with Crippen LogP contribution in [0.15, 0.2) is 18.2 Å². The van der Waals surface area contributed by atoms with Crippen molar-refractivity contribution in [1.82, 2.24) is 0 Å². The van der Waals surface area contributed by atoms with Gasteiger partial charge in [-0.3, -0.25) is 5.32 Å². The lowest BCUT2D eigenvalue weighted by Crippen LogP contribution is -2.13. The molecule has 0 unspecified atom stereocenters. The van der Waals surface area contributed by atoms with E-state index < -0.39 is 6.09 Å². The van der Waals surface area contributed by atoms with E-state index in [2.05, 4.69) is 17.2 Å². The molecule has 0 aliphatic carbocycles. The smallest absolute Gasteiger partial charge is 0.411 e. The molecule has 1 amide bonds. The second-order valence-electron chi connectivity index (χ2n) is 3.65. The first kappa shape index (κ1) is 14.1. The van der Waals surface area contributed by atoms with Gasteiger partial charge in [-0.15, -0.1) is 0 Å². The standard InChI is InChI=1S/C14H17NO3/c1-3-18-14(17)15-13-8-7-12(11(2)10-13)6-4-5-9-16/h7-8,10,16H,3,5,9H2,1-2H3,(H,15,17). The molecule has 1 rings (SSSR count). The maximum atomic E-state index is 11.2. The zero-order chi connectivity index (χ0) is 13.4. The number of hydrogen-bond donors (Lipinski definition) is 2. The van der Waals surface area contributed by atoms with Crippen molar-refractivity contribution in [2.45, 2.75) is 20.3 Å². The fraction of sp³-hybridized carbons (Fsp3) is 0.357. The van der Waals surface area contributed by atoms with Crippen molar-refractivity contribution in [3.63, 3.8) is 0 Å². The Morgan fingerprint density at radius 2 is 2.28 bits per heavy atom. The quantitative estimate of drug-likeness (QED) is 0.806. The van der Waals surface area contributed by atoms with Crippen molar-refractivity contribution in [2.24, 2.45) is 0 Å². The number of ether oxygens (including phenoxy) is 1. The number of anilines is 1. The molecule has 96 valence electrons. The number of amides is 1. The van der Waals surface area contributed by atoms with Crippen LogP contribution in [0.5, 0.6) is 0 Å². The van der Waals surface area contributed by atoms with E-state index in [0.717, 1.165) is 11.1 Å². The zero-order valence-electron chi connectivity index (χ0n) is 10.6. The number of hydrogen-bond acceptors (Lipinski definition) is 3. The highest BCUT2D eigenvalue weighted by Crippen LogP contribution is 2.14. The molecule has 0 spiro atoms. The highest BCUT2D eigenvalue weighted by molar-refractivity contribution is 5.84. The van der Waals surface area contributed by atoms with Gasteiger partial charge < -0.3 is 9.84 Å². The number of benzene rings is 1. The van der Waals surface area contributed by atoms with Crippen LogP contribution in [0.1, 0.15) is 24.5 Å². The molecule has 0 fully saturated rings. The van der Waals surface area contributed by atoms with Crippen molar-refractivity contribution in [1.29, 1.82) is 0 Å². The molecule has 0 atom stereocenters. The van der Waals surface area contributed by atoms with E-state index in [9.17, 15) is 4.79 Å². The van der Waals surface area contributed by atoms with E-state index in [4.69, 9.17) is 9.84 Å². The Morgan fingerprint density at radius 3 is 2.89 bits per heavy atom. The number of rotatable bonds is 3. The third-order valence-corrected chi connectivity index (χ3v) is 2.21. The number of carbonyl (C=O) groups excluding carboxylic acids is 1. The van der Waals surface area contributed by atoms with Gasteiger partial charge >= 0.3 is 6.09 Å². The van der Waals surface area contributed by atoms with Gasteiger partial charge in [0, 0.05) is 17.7 Å². The highest BCUT2D eigenvalue weighted by atomic mass is 16.5. The number of aryl methyl sites for hydroxylation is 1. The maximum Gasteiger partial charge on any atom is 0.411 e. The maximum absolute atomic E-state index is 11.2. The summed E-state index contributed by atoms with van der Waals surface area (Å²) in [5.74, 6) is 5.83. The minimum Gasteiger partial charge on any atom is -0.450 e. The predicted octanol–water partition coefficient (Wildman–Crippen LogP) is 2.30. The molecule has 2 N–H and O–H groups in total. The molecule has 0 aliphatic heterocycles. The Labute approximate surface area is 107 Å². The second kappa shape index (κ2) is 7.36. The molecular weight excluding hydrogens is 230 g/mol. The number of carbonyl (C=O) groups is 1. The Kier molecular flexibility index (Phi) is 5.75. The molecular formula is C14H17NO3. The fourth-order valence-corrected chi connectivity index (χ4v) is 1.38. The van der Waals surface area contributed by atoms with Gasteiger partial charge in [-0.1, -0.05) is 11.8 Å². The molecule has 0 bridgehead atoms. The van der Waals surface area contributed by atoms with Crippen LogP contribution in [0.3, 0.4) is 0 Å². The fourth-order valence-electron chi connectivity index (χ4n) is 1.38. The average molecular weight is 247 g/mol. The monoisotopic (exact) mass is 247 g/mol. The third-order valence-electron chi connectivity index (χ3n) is 2.21. The summed E-state index contributed by atoms with van der Waals surface area (Å²) in [6.45, 7) is 4.08. The summed E-state index contributed by atoms with van der Waals surface area (Å²) in [6.07, 6.45) is -0.00144. The summed E-state index contributed by atoms with van der Waals surface area (Å²) in [6, 6.07) is 5.44. The molecule has 18 heavy (non-hydrogen) atoms. The first-order valence-corrected chi connectivity index (χ1v) is 5.81. The summed E-state index contributed by atoms with van der Waals surface area (Å²) in [4.78, 5) is 11.2. The second-order valence-corrected chi connectivity index (χ2v) is 3.65. The van der Waals surface area contributed by atoms with Crippen LogP contribution >= 0.6 is 0 Å². The SMILES string of the molecule is CCOC(=O)Nc1ccc(C#CCCO)c(C)c1. The zero-order valence-corrected chi connectivity index (χ0v) is 10.6. The summed E-state index contributed by atoms with van der Waals surface area (Å²) in [5, 5.41) is 11.3. The molecule has 0 saturated carbocycles. The van der Waals surface area contributed by atoms with Crippen molar-refractivity contribution >= 4 is 11.8 Å². The lowest BCUT2D eigenvalue weighted by Gasteiger charge is -2.06. The normalized spacial score (nSPS) is 9.28. The van der Waals surface area contributed by atoms with Crippen LogP contribution in [-0.2, 0) is 4.74 Å². The molecule has 1 aromatic rings. The summed E-state index contributed by atoms with van der Waals surface area (Å²) in [7, 11) is 0. The van der Waals surface area contributed by atoms with Crippen molar-refractivity contribution in [2.75, 3.05) is 18.5 Å². The van der Waals surface area contributed by atoms with Crippen LogP contribution in [0, 0.1) is 18.8 Å². The molecule has 0 saturated heterocycles. The van der Waals surface area contributed by atoms with Crippen LogP contribution < -0.4 is 5.32 Å². The molecule has 0 aliphatic rings. The van der Waals surface area contributed by atoms with Gasteiger partial charge in [-0.2, -0.15) is 0 Å². The molecule has 0 radical (unpaired) electrons. The topological polar surface area (TPSA) is 58.6 Å². The third kappa shape index (κ3) is 4.48. The average Bonchev–Trinajstić information content (AvgIpc) is 2.32. The lowest BCUT2D eigenvalue weighted by atomic mass is 10.1. The molecule has 1 aromatic carbocycles. The van der Waals surface area contributed by atoms with Crippen molar-refractivity contribution in [3.8, 4) is 11.8 Å². The molecule has 0 aromatic heterocycles. The first-order chi connectivity index (χ1) is 8.67. The minimum atomic E-state index is -0.462. The number of aliphatic hydroxyl groups is 1.